The Kier molecular flexibility index (Phi) is 5.87. The quantitative estimate of drug-likeness (QED) is 0.597. The number of aromatic nitrogens is 2. The minimum absolute atomic E-state index is 0.0978. The smallest absolute Gasteiger partial charge is 0.326 e. The number of nitrogens with one attached hydrogen (secondary N) is 3. The van der Waals surface area contributed by atoms with Crippen LogP contribution in [0.25, 0.3) is 0 Å². The topological polar surface area (TPSA) is 107 Å². The van der Waals surface area contributed by atoms with Crippen molar-refractivity contribution in [3.63, 3.8) is 0 Å². The van der Waals surface area contributed by atoms with E-state index in [1.807, 2.05) is 20.1 Å². The van der Waals surface area contributed by atoms with E-state index in [9.17, 15) is 9.59 Å². The van der Waals surface area contributed by atoms with Gasteiger partial charge in [-0.1, -0.05) is 0 Å². The molecule has 0 fully saturated rings. The van der Waals surface area contributed by atoms with Crippen molar-refractivity contribution in [3.8, 4) is 0 Å². The van der Waals surface area contributed by atoms with Gasteiger partial charge in [-0.3, -0.25) is 0 Å². The van der Waals surface area contributed by atoms with Crippen molar-refractivity contribution >= 4 is 23.8 Å². The molecule has 0 spiro atoms. The second-order valence-electron chi connectivity index (χ2n) is 4.96. The maximum absolute atomic E-state index is 11.7. The molecule has 0 unspecified atom stereocenters. The molecule has 0 saturated carbocycles. The highest BCUT2D eigenvalue weighted by Gasteiger charge is 2.22. The Morgan fingerprint density at radius 3 is 2.75 bits per heavy atom. The Labute approximate surface area is 121 Å². The number of rotatable bonds is 7. The summed E-state index contributed by atoms with van der Waals surface area (Å²) in [5.74, 6) is -1.08. The Morgan fingerprint density at radius 2 is 2.25 bits per heavy atom. The van der Waals surface area contributed by atoms with E-state index in [1.54, 1.807) is 11.8 Å². The van der Waals surface area contributed by atoms with Gasteiger partial charge < -0.3 is 20.7 Å². The molecule has 1 rings (SSSR count). The summed E-state index contributed by atoms with van der Waals surface area (Å²) in [6, 6.07) is -1.48. The number of carboxylic acid groups (broad SMARTS) is 1. The van der Waals surface area contributed by atoms with Gasteiger partial charge in [0.25, 0.3) is 0 Å². The summed E-state index contributed by atoms with van der Waals surface area (Å²) < 4.78 is -0.0978. The number of aromatic amines is 1. The molecular formula is C12H20N4O3S. The zero-order valence-electron chi connectivity index (χ0n) is 11.8. The summed E-state index contributed by atoms with van der Waals surface area (Å²) in [5.41, 5.74) is 0.655. The summed E-state index contributed by atoms with van der Waals surface area (Å²) in [5, 5.41) is 14.2. The zero-order valence-corrected chi connectivity index (χ0v) is 12.6. The van der Waals surface area contributed by atoms with E-state index < -0.39 is 18.0 Å². The van der Waals surface area contributed by atoms with Crippen LogP contribution in [0.4, 0.5) is 4.79 Å². The molecule has 0 aliphatic heterocycles. The van der Waals surface area contributed by atoms with Gasteiger partial charge in [-0.25, -0.2) is 14.6 Å². The summed E-state index contributed by atoms with van der Waals surface area (Å²) in [6.45, 7) is 4.45. The largest absolute Gasteiger partial charge is 0.480 e. The lowest BCUT2D eigenvalue weighted by molar-refractivity contribution is -0.139. The number of carbonyl (C=O) groups is 2. The molecule has 4 N–H and O–H groups in total. The average Bonchev–Trinajstić information content (AvgIpc) is 2.88. The van der Waals surface area contributed by atoms with Gasteiger partial charge in [0.2, 0.25) is 0 Å². The first-order valence-electron chi connectivity index (χ1n) is 6.13. The third-order valence-electron chi connectivity index (χ3n) is 2.81. The molecule has 112 valence electrons. The minimum Gasteiger partial charge on any atom is -0.480 e. The van der Waals surface area contributed by atoms with E-state index >= 15 is 0 Å². The number of hydrogen-bond donors (Lipinski definition) is 4. The van der Waals surface area contributed by atoms with Gasteiger partial charge in [0, 0.05) is 29.6 Å². The SMILES string of the molecule is CSC(C)(C)CNC(=O)N[C@H](Cc1cnc[nH]1)C(=O)O. The molecule has 20 heavy (non-hydrogen) atoms. The van der Waals surface area contributed by atoms with E-state index in [0.29, 0.717) is 12.2 Å². The van der Waals surface area contributed by atoms with Gasteiger partial charge in [0.05, 0.1) is 6.33 Å². The van der Waals surface area contributed by atoms with E-state index in [-0.39, 0.29) is 11.2 Å². The maximum Gasteiger partial charge on any atom is 0.326 e. The number of urea groups is 1. The molecule has 0 saturated heterocycles. The normalized spacial score (nSPS) is 12.8. The van der Waals surface area contributed by atoms with Gasteiger partial charge in [-0.15, -0.1) is 0 Å². The van der Waals surface area contributed by atoms with Crippen LogP contribution in [0.1, 0.15) is 19.5 Å². The molecule has 0 aliphatic rings. The number of aliphatic carboxylic acids is 1. The summed E-state index contributed by atoms with van der Waals surface area (Å²) in [4.78, 5) is 29.5. The van der Waals surface area contributed by atoms with Crippen LogP contribution in [-0.4, -0.2) is 50.7 Å². The fourth-order valence-electron chi connectivity index (χ4n) is 1.39. The van der Waals surface area contributed by atoms with Gasteiger partial charge in [0.15, 0.2) is 0 Å². The van der Waals surface area contributed by atoms with Crippen LogP contribution in [0, 0.1) is 0 Å². The minimum atomic E-state index is -1.08. The Morgan fingerprint density at radius 1 is 1.55 bits per heavy atom. The average molecular weight is 300 g/mol. The molecule has 8 heteroatoms. The van der Waals surface area contributed by atoms with E-state index in [2.05, 4.69) is 20.6 Å². The lowest BCUT2D eigenvalue weighted by atomic mass is 10.1. The second kappa shape index (κ2) is 7.18. The van der Waals surface area contributed by atoms with Gasteiger partial charge >= 0.3 is 12.0 Å². The molecule has 1 atom stereocenters. The van der Waals surface area contributed by atoms with E-state index in [0.717, 1.165) is 0 Å². The van der Waals surface area contributed by atoms with Crippen LogP contribution < -0.4 is 10.6 Å². The Hall–Kier alpha value is -1.70. The lowest BCUT2D eigenvalue weighted by Gasteiger charge is -2.23. The van der Waals surface area contributed by atoms with Gasteiger partial charge in [-0.2, -0.15) is 11.8 Å². The summed E-state index contributed by atoms with van der Waals surface area (Å²) >= 11 is 1.63. The van der Waals surface area contributed by atoms with Crippen LogP contribution >= 0.6 is 11.8 Å². The number of nitrogens with zero attached hydrogens (tertiary/aromatic N) is 1. The van der Waals surface area contributed by atoms with Gasteiger partial charge in [-0.05, 0) is 20.1 Å². The molecule has 0 aliphatic carbocycles. The number of H-pyrrole nitrogens is 1. The van der Waals surface area contributed by atoms with Crippen molar-refractivity contribution in [2.24, 2.45) is 0 Å². The first-order chi connectivity index (χ1) is 9.34. The zero-order chi connectivity index (χ0) is 15.2. The number of imidazole rings is 1. The summed E-state index contributed by atoms with van der Waals surface area (Å²) in [7, 11) is 0. The molecule has 2 amide bonds. The number of hydrogen-bond acceptors (Lipinski definition) is 4. The van der Waals surface area contributed by atoms with Crippen molar-refractivity contribution in [3.05, 3.63) is 18.2 Å². The van der Waals surface area contributed by atoms with Crippen molar-refractivity contribution in [2.45, 2.75) is 31.1 Å². The third-order valence-corrected chi connectivity index (χ3v) is 4.06. The van der Waals surface area contributed by atoms with Crippen LogP contribution in [0.5, 0.6) is 0 Å². The van der Waals surface area contributed by atoms with Crippen LogP contribution in [-0.2, 0) is 11.2 Å². The monoisotopic (exact) mass is 300 g/mol. The van der Waals surface area contributed by atoms with Crippen LogP contribution in [0.2, 0.25) is 0 Å². The first-order valence-corrected chi connectivity index (χ1v) is 7.36. The predicted octanol–water partition coefficient (Wildman–Crippen LogP) is 0.846. The lowest BCUT2D eigenvalue weighted by Crippen LogP contribution is -2.49. The Bertz CT molecular complexity index is 448. The second-order valence-corrected chi connectivity index (χ2v) is 6.48. The Balaban J connectivity index is 2.49. The van der Waals surface area contributed by atoms with Crippen molar-refractivity contribution in [1.29, 1.82) is 0 Å². The van der Waals surface area contributed by atoms with Crippen LogP contribution in [0.15, 0.2) is 12.5 Å². The number of carboxylic acids is 1. The standard InChI is InChI=1S/C12H20N4O3S/c1-12(2,20-3)6-14-11(19)16-9(10(17)18)4-8-5-13-7-15-8/h5,7,9H,4,6H2,1-3H3,(H,13,15)(H,17,18)(H2,14,16,19)/t9-/m1/s1. The molecule has 1 heterocycles. The molecule has 0 aromatic carbocycles. The highest BCUT2D eigenvalue weighted by molar-refractivity contribution is 7.99. The van der Waals surface area contributed by atoms with Crippen molar-refractivity contribution in [2.75, 3.05) is 12.8 Å². The number of carbonyl (C=O) groups excluding carboxylic acids is 1. The highest BCUT2D eigenvalue weighted by atomic mass is 32.2. The van der Waals surface area contributed by atoms with Gasteiger partial charge in [0.1, 0.15) is 6.04 Å². The fraction of sp³-hybridized carbons (Fsp3) is 0.583. The molecule has 0 bridgehead atoms. The fourth-order valence-corrected chi connectivity index (χ4v) is 1.61. The molecule has 0 radical (unpaired) electrons. The predicted molar refractivity (Wildman–Crippen MR) is 77.8 cm³/mol. The van der Waals surface area contributed by atoms with Crippen LogP contribution in [0.3, 0.4) is 0 Å². The van der Waals surface area contributed by atoms with Crippen molar-refractivity contribution in [1.82, 2.24) is 20.6 Å². The molecule has 1 aromatic rings. The molecular weight excluding hydrogens is 280 g/mol. The first kappa shape index (κ1) is 16.4. The molecule has 1 aromatic heterocycles. The number of amides is 2. The molecule has 7 nitrogen and oxygen atoms in total. The third kappa shape index (κ3) is 5.52. The number of thioether (sulfide) groups is 1. The maximum atomic E-state index is 11.7. The van der Waals surface area contributed by atoms with E-state index in [1.165, 1.54) is 12.5 Å². The highest BCUT2D eigenvalue weighted by Crippen LogP contribution is 2.19. The summed E-state index contributed by atoms with van der Waals surface area (Å²) in [6.07, 6.45) is 5.12. The van der Waals surface area contributed by atoms with E-state index in [4.69, 9.17) is 5.11 Å². The van der Waals surface area contributed by atoms with Crippen molar-refractivity contribution < 1.29 is 14.7 Å².